The monoisotopic (exact) mass is 333 g/mol. The highest BCUT2D eigenvalue weighted by Gasteiger charge is 2.05. The van der Waals surface area contributed by atoms with E-state index in [1.165, 1.54) is 39.2 Å². The van der Waals surface area contributed by atoms with Gasteiger partial charge in [-0.15, -0.1) is 0 Å². The Bertz CT molecular complexity index is 512. The molecule has 4 nitrogen and oxygen atoms in total. The Hall–Kier alpha value is -1.97. The van der Waals surface area contributed by atoms with Gasteiger partial charge in [0.25, 0.3) is 0 Å². The lowest BCUT2D eigenvalue weighted by Gasteiger charge is -2.08. The zero-order chi connectivity index (χ0) is 17.6. The van der Waals surface area contributed by atoms with Gasteiger partial charge in [0.2, 0.25) is 5.91 Å². The van der Waals surface area contributed by atoms with E-state index in [2.05, 4.69) is 24.4 Å². The minimum Gasteiger partial charge on any atom is -0.504 e. The van der Waals surface area contributed by atoms with E-state index in [9.17, 15) is 9.90 Å². The molecule has 0 bridgehead atoms. The molecule has 1 amide bonds. The first-order chi connectivity index (χ1) is 11.7. The van der Waals surface area contributed by atoms with Crippen molar-refractivity contribution < 1.29 is 14.6 Å². The van der Waals surface area contributed by atoms with Crippen LogP contribution in [0.4, 0.5) is 0 Å². The molecule has 0 aliphatic carbocycles. The number of phenols is 1. The van der Waals surface area contributed by atoms with E-state index in [1.54, 1.807) is 18.2 Å². The quantitative estimate of drug-likeness (QED) is 0.430. The maximum Gasteiger partial charge on any atom is 0.220 e. The Balaban J connectivity index is 2.08. The number of unbranched alkanes of at least 4 members (excludes halogenated alkanes) is 6. The van der Waals surface area contributed by atoms with Crippen molar-refractivity contribution in [3.8, 4) is 11.5 Å². The number of allylic oxidation sites excluding steroid dienone is 2. The molecule has 134 valence electrons. The van der Waals surface area contributed by atoms with Gasteiger partial charge in [0.05, 0.1) is 7.11 Å². The zero-order valence-corrected chi connectivity index (χ0v) is 15.0. The fourth-order valence-electron chi connectivity index (χ4n) is 2.54. The summed E-state index contributed by atoms with van der Waals surface area (Å²) in [5.41, 5.74) is 0.916. The summed E-state index contributed by atoms with van der Waals surface area (Å²) in [6.07, 6.45) is 13.1. The summed E-state index contributed by atoms with van der Waals surface area (Å²) < 4.78 is 5.06. The number of ether oxygens (including phenoxy) is 1. The first-order valence-corrected chi connectivity index (χ1v) is 8.91. The second kappa shape index (κ2) is 12.5. The molecule has 0 aromatic heterocycles. The van der Waals surface area contributed by atoms with E-state index in [1.807, 2.05) is 0 Å². The molecule has 0 radical (unpaired) electrons. The second-order valence-corrected chi connectivity index (χ2v) is 6.01. The SMILES string of the molecule is C/C=C\CCCCCCCCC(=O)NCc1ccc(O)c(OC)c1. The lowest BCUT2D eigenvalue weighted by molar-refractivity contribution is -0.121. The second-order valence-electron chi connectivity index (χ2n) is 6.01. The average molecular weight is 333 g/mol. The Morgan fingerprint density at radius 2 is 1.88 bits per heavy atom. The van der Waals surface area contributed by atoms with Crippen molar-refractivity contribution >= 4 is 5.91 Å². The van der Waals surface area contributed by atoms with Crippen molar-refractivity contribution in [1.29, 1.82) is 0 Å². The highest BCUT2D eigenvalue weighted by Crippen LogP contribution is 2.26. The summed E-state index contributed by atoms with van der Waals surface area (Å²) in [7, 11) is 1.51. The number of carbonyl (C=O) groups excluding carboxylic acids is 1. The summed E-state index contributed by atoms with van der Waals surface area (Å²) in [4.78, 5) is 11.8. The zero-order valence-electron chi connectivity index (χ0n) is 15.0. The Labute approximate surface area is 145 Å². The summed E-state index contributed by atoms with van der Waals surface area (Å²) in [6.45, 7) is 2.52. The van der Waals surface area contributed by atoms with Crippen molar-refractivity contribution in [1.82, 2.24) is 5.32 Å². The first kappa shape index (κ1) is 20.1. The highest BCUT2D eigenvalue weighted by molar-refractivity contribution is 5.75. The van der Waals surface area contributed by atoms with Crippen molar-refractivity contribution in [2.24, 2.45) is 0 Å². The summed E-state index contributed by atoms with van der Waals surface area (Å²) in [5, 5.41) is 12.5. The minimum atomic E-state index is 0.0788. The summed E-state index contributed by atoms with van der Waals surface area (Å²) in [5.74, 6) is 0.615. The molecule has 0 spiro atoms. The average Bonchev–Trinajstić information content (AvgIpc) is 2.59. The third-order valence-electron chi connectivity index (χ3n) is 3.99. The molecule has 1 aromatic rings. The molecule has 0 heterocycles. The maximum absolute atomic E-state index is 11.8. The normalized spacial score (nSPS) is 10.9. The van der Waals surface area contributed by atoms with Gasteiger partial charge in [-0.3, -0.25) is 4.79 Å². The molecule has 0 saturated carbocycles. The van der Waals surface area contributed by atoms with Crippen LogP contribution in [-0.4, -0.2) is 18.1 Å². The lowest BCUT2D eigenvalue weighted by atomic mass is 10.1. The van der Waals surface area contributed by atoms with Crippen molar-refractivity contribution in [3.05, 3.63) is 35.9 Å². The molecule has 1 aromatic carbocycles. The van der Waals surface area contributed by atoms with Gasteiger partial charge in [-0.2, -0.15) is 0 Å². The molecule has 0 saturated heterocycles. The number of aromatic hydroxyl groups is 1. The molecule has 0 aliphatic heterocycles. The number of rotatable bonds is 12. The number of methoxy groups -OCH3 is 1. The summed E-state index contributed by atoms with van der Waals surface area (Å²) in [6, 6.07) is 5.10. The third-order valence-corrected chi connectivity index (χ3v) is 3.99. The lowest BCUT2D eigenvalue weighted by Crippen LogP contribution is -2.22. The fourth-order valence-corrected chi connectivity index (χ4v) is 2.54. The van der Waals surface area contributed by atoms with E-state index in [-0.39, 0.29) is 11.7 Å². The van der Waals surface area contributed by atoms with Crippen LogP contribution in [0.25, 0.3) is 0 Å². The van der Waals surface area contributed by atoms with Crippen LogP contribution in [0.3, 0.4) is 0 Å². The molecule has 0 atom stereocenters. The van der Waals surface area contributed by atoms with Crippen LogP contribution in [0.15, 0.2) is 30.4 Å². The van der Waals surface area contributed by atoms with Crippen LogP contribution in [-0.2, 0) is 11.3 Å². The van der Waals surface area contributed by atoms with Gasteiger partial charge in [0, 0.05) is 13.0 Å². The van der Waals surface area contributed by atoms with E-state index in [0.29, 0.717) is 18.7 Å². The van der Waals surface area contributed by atoms with Crippen LogP contribution < -0.4 is 10.1 Å². The Morgan fingerprint density at radius 3 is 2.58 bits per heavy atom. The largest absolute Gasteiger partial charge is 0.504 e. The van der Waals surface area contributed by atoms with E-state index >= 15 is 0 Å². The van der Waals surface area contributed by atoms with Gasteiger partial charge in [-0.05, 0) is 43.9 Å². The van der Waals surface area contributed by atoms with E-state index < -0.39 is 0 Å². The predicted octanol–water partition coefficient (Wildman–Crippen LogP) is 4.71. The smallest absolute Gasteiger partial charge is 0.220 e. The molecule has 24 heavy (non-hydrogen) atoms. The first-order valence-electron chi connectivity index (χ1n) is 8.91. The maximum atomic E-state index is 11.8. The van der Waals surface area contributed by atoms with E-state index in [4.69, 9.17) is 4.74 Å². The molecule has 0 aliphatic rings. The summed E-state index contributed by atoms with van der Waals surface area (Å²) >= 11 is 0. The molecule has 2 N–H and O–H groups in total. The minimum absolute atomic E-state index is 0.0788. The van der Waals surface area contributed by atoms with Crippen molar-refractivity contribution in [2.45, 2.75) is 64.8 Å². The van der Waals surface area contributed by atoms with Crippen LogP contribution >= 0.6 is 0 Å². The van der Waals surface area contributed by atoms with Crippen molar-refractivity contribution in [3.63, 3.8) is 0 Å². The van der Waals surface area contributed by atoms with Crippen LogP contribution in [0.1, 0.15) is 63.9 Å². The van der Waals surface area contributed by atoms with Gasteiger partial charge in [-0.1, -0.05) is 43.9 Å². The Kier molecular flexibility index (Phi) is 10.4. The molecule has 1 rings (SSSR count). The Morgan fingerprint density at radius 1 is 1.17 bits per heavy atom. The number of benzene rings is 1. The van der Waals surface area contributed by atoms with Gasteiger partial charge in [0.1, 0.15) is 0 Å². The van der Waals surface area contributed by atoms with E-state index in [0.717, 1.165) is 18.4 Å². The molecule has 0 unspecified atom stereocenters. The number of hydrogen-bond donors (Lipinski definition) is 2. The van der Waals surface area contributed by atoms with Crippen LogP contribution in [0.2, 0.25) is 0 Å². The molecule has 4 heteroatoms. The molecular weight excluding hydrogens is 302 g/mol. The fraction of sp³-hybridized carbons (Fsp3) is 0.550. The molecule has 0 fully saturated rings. The number of nitrogens with one attached hydrogen (secondary N) is 1. The number of phenolic OH excluding ortho intramolecular Hbond substituents is 1. The predicted molar refractivity (Wildman–Crippen MR) is 98.3 cm³/mol. The topological polar surface area (TPSA) is 58.6 Å². The van der Waals surface area contributed by atoms with Gasteiger partial charge in [-0.25, -0.2) is 0 Å². The number of carbonyl (C=O) groups is 1. The van der Waals surface area contributed by atoms with Gasteiger partial charge < -0.3 is 15.2 Å². The third kappa shape index (κ3) is 8.61. The van der Waals surface area contributed by atoms with Crippen molar-refractivity contribution in [2.75, 3.05) is 7.11 Å². The van der Waals surface area contributed by atoms with Gasteiger partial charge >= 0.3 is 0 Å². The van der Waals surface area contributed by atoms with Gasteiger partial charge in [0.15, 0.2) is 11.5 Å². The number of amides is 1. The molecular formula is C20H31NO3. The van der Waals surface area contributed by atoms with Crippen LogP contribution in [0, 0.1) is 0 Å². The standard InChI is InChI=1S/C20H31NO3/c1-3-4-5-6-7-8-9-10-11-12-20(23)21-16-17-13-14-18(22)19(15-17)24-2/h3-4,13-15,22H,5-12,16H2,1-2H3,(H,21,23)/b4-3-. The number of hydrogen-bond acceptors (Lipinski definition) is 3. The highest BCUT2D eigenvalue weighted by atomic mass is 16.5. The van der Waals surface area contributed by atoms with Crippen LogP contribution in [0.5, 0.6) is 11.5 Å².